The van der Waals surface area contributed by atoms with Gasteiger partial charge in [0.25, 0.3) is 5.91 Å². The maximum Gasteiger partial charge on any atom is 0.255 e. The molecule has 6 heteroatoms. The van der Waals surface area contributed by atoms with E-state index in [1.165, 1.54) is 11.1 Å². The third-order valence-electron chi connectivity index (χ3n) is 4.28. The maximum absolute atomic E-state index is 12.6. The minimum absolute atomic E-state index is 0.170. The van der Waals surface area contributed by atoms with Gasteiger partial charge >= 0.3 is 0 Å². The number of nitrogens with two attached hydrogens (primary N) is 2. The molecule has 0 bridgehead atoms. The highest BCUT2D eigenvalue weighted by Crippen LogP contribution is 2.30. The fourth-order valence-corrected chi connectivity index (χ4v) is 3.46. The Kier molecular flexibility index (Phi) is 5.27. The molecule has 0 heterocycles. The lowest BCUT2D eigenvalue weighted by Crippen LogP contribution is -2.19. The van der Waals surface area contributed by atoms with Crippen LogP contribution in [0.1, 0.15) is 27.0 Å². The first-order valence-corrected chi connectivity index (χ1v) is 8.67. The van der Waals surface area contributed by atoms with Crippen LogP contribution in [0, 0.1) is 6.92 Å². The van der Waals surface area contributed by atoms with Gasteiger partial charge in [-0.3, -0.25) is 4.79 Å². The number of hydrogen-bond donors (Lipinski definition) is 3. The minimum atomic E-state index is -0.211. The molecule has 1 aliphatic carbocycles. The van der Waals surface area contributed by atoms with Gasteiger partial charge < -0.3 is 21.5 Å². The Morgan fingerprint density at radius 2 is 2.04 bits per heavy atom. The third-order valence-corrected chi connectivity index (χ3v) is 4.56. The fraction of sp³-hybridized carbons (Fsp3) is 0.316. The molecule has 0 radical (unpaired) electrons. The molecule has 1 atom stereocenters. The molecular formula is C19H22ClN3O2. The van der Waals surface area contributed by atoms with Crippen molar-refractivity contribution in [3.8, 4) is 5.75 Å². The average Bonchev–Trinajstić information content (AvgIpc) is 2.93. The van der Waals surface area contributed by atoms with Crippen LogP contribution in [0.3, 0.4) is 0 Å². The van der Waals surface area contributed by atoms with Gasteiger partial charge in [0.15, 0.2) is 0 Å². The summed E-state index contributed by atoms with van der Waals surface area (Å²) in [7, 11) is 0. The van der Waals surface area contributed by atoms with E-state index in [0.717, 1.165) is 24.1 Å². The summed E-state index contributed by atoms with van der Waals surface area (Å²) in [5.74, 6) is 0.354. The number of amides is 1. The average molecular weight is 360 g/mol. The first kappa shape index (κ1) is 17.7. The van der Waals surface area contributed by atoms with Gasteiger partial charge in [-0.15, -0.1) is 0 Å². The summed E-state index contributed by atoms with van der Waals surface area (Å²) < 4.78 is 5.53. The van der Waals surface area contributed by atoms with Gasteiger partial charge in [0.1, 0.15) is 12.4 Å². The largest absolute Gasteiger partial charge is 0.490 e. The normalized spacial score (nSPS) is 15.8. The molecule has 2 aromatic carbocycles. The number of benzene rings is 2. The van der Waals surface area contributed by atoms with E-state index in [9.17, 15) is 4.79 Å². The van der Waals surface area contributed by atoms with Crippen molar-refractivity contribution in [1.82, 2.24) is 0 Å². The van der Waals surface area contributed by atoms with E-state index in [4.69, 9.17) is 27.8 Å². The predicted molar refractivity (Wildman–Crippen MR) is 101 cm³/mol. The Hall–Kier alpha value is -2.08. The van der Waals surface area contributed by atoms with Crippen molar-refractivity contribution in [1.29, 1.82) is 0 Å². The summed E-state index contributed by atoms with van der Waals surface area (Å²) in [4.78, 5) is 12.6. The molecule has 0 aromatic heterocycles. The van der Waals surface area contributed by atoms with Crippen LogP contribution in [0.2, 0.25) is 5.02 Å². The lowest BCUT2D eigenvalue weighted by molar-refractivity contribution is 0.102. The number of carbonyl (C=O) groups excluding carboxylic acids is 1. The van der Waals surface area contributed by atoms with Crippen LogP contribution in [0.5, 0.6) is 5.75 Å². The van der Waals surface area contributed by atoms with E-state index in [1.54, 1.807) is 12.1 Å². The zero-order valence-corrected chi connectivity index (χ0v) is 14.9. The van der Waals surface area contributed by atoms with Gasteiger partial charge in [-0.05, 0) is 60.7 Å². The van der Waals surface area contributed by atoms with Crippen LogP contribution >= 0.6 is 11.6 Å². The molecule has 0 saturated carbocycles. The van der Waals surface area contributed by atoms with Gasteiger partial charge in [-0.1, -0.05) is 17.7 Å². The summed E-state index contributed by atoms with van der Waals surface area (Å²) in [5.41, 5.74) is 15.9. The summed E-state index contributed by atoms with van der Waals surface area (Å²) in [6.07, 6.45) is 1.74. The molecule has 1 amide bonds. The van der Waals surface area contributed by atoms with Crippen LogP contribution in [0.4, 0.5) is 5.69 Å². The second-order valence-electron chi connectivity index (χ2n) is 6.35. The van der Waals surface area contributed by atoms with Gasteiger partial charge in [0, 0.05) is 23.8 Å². The van der Waals surface area contributed by atoms with Crippen molar-refractivity contribution in [3.63, 3.8) is 0 Å². The molecule has 0 spiro atoms. The van der Waals surface area contributed by atoms with Crippen LogP contribution in [-0.4, -0.2) is 25.1 Å². The zero-order chi connectivity index (χ0) is 18.0. The number of fused-ring (bicyclic) bond motifs is 1. The molecule has 25 heavy (non-hydrogen) atoms. The van der Waals surface area contributed by atoms with Crippen molar-refractivity contribution in [3.05, 3.63) is 57.6 Å². The number of rotatable bonds is 5. The summed E-state index contributed by atoms with van der Waals surface area (Å²) in [6, 6.07) is 9.47. The van der Waals surface area contributed by atoms with E-state index >= 15 is 0 Å². The van der Waals surface area contributed by atoms with E-state index < -0.39 is 0 Å². The van der Waals surface area contributed by atoms with Gasteiger partial charge in [-0.25, -0.2) is 0 Å². The molecule has 0 fully saturated rings. The number of hydrogen-bond acceptors (Lipinski definition) is 4. The van der Waals surface area contributed by atoms with E-state index in [1.807, 2.05) is 25.1 Å². The quantitative estimate of drug-likeness (QED) is 0.765. The molecule has 5 nitrogen and oxygen atoms in total. The Bertz CT molecular complexity index is 784. The molecule has 1 aliphatic rings. The summed E-state index contributed by atoms with van der Waals surface area (Å²) >= 11 is 6.25. The number of halogens is 1. The highest BCUT2D eigenvalue weighted by atomic mass is 35.5. The van der Waals surface area contributed by atoms with Crippen LogP contribution in [0.15, 0.2) is 30.3 Å². The number of aryl methyl sites for hydroxylation is 1. The third kappa shape index (κ3) is 3.95. The van der Waals surface area contributed by atoms with Crippen LogP contribution < -0.4 is 21.5 Å². The second-order valence-corrected chi connectivity index (χ2v) is 6.75. The van der Waals surface area contributed by atoms with E-state index in [2.05, 4.69) is 5.32 Å². The Labute approximate surface area is 152 Å². The van der Waals surface area contributed by atoms with Crippen molar-refractivity contribution in [2.75, 3.05) is 18.5 Å². The predicted octanol–water partition coefficient (Wildman–Crippen LogP) is 2.66. The standard InChI is InChI=1S/C19H22ClN3O2/c1-11-6-14(10-17(20)18(11)25-5-4-21)19(24)23-16-3-2-12-7-15(22)8-13(12)9-16/h2-3,6,9-10,15H,4-5,7-8,21-22H2,1H3,(H,23,24). The molecular weight excluding hydrogens is 338 g/mol. The molecule has 5 N–H and O–H groups in total. The van der Waals surface area contributed by atoms with Crippen molar-refractivity contribution >= 4 is 23.2 Å². The van der Waals surface area contributed by atoms with Crippen molar-refractivity contribution in [2.24, 2.45) is 11.5 Å². The highest BCUT2D eigenvalue weighted by molar-refractivity contribution is 6.32. The maximum atomic E-state index is 12.6. The molecule has 132 valence electrons. The fourth-order valence-electron chi connectivity index (χ4n) is 3.14. The Balaban J connectivity index is 1.77. The lowest BCUT2D eigenvalue weighted by atomic mass is 10.1. The monoisotopic (exact) mass is 359 g/mol. The van der Waals surface area contributed by atoms with Crippen molar-refractivity contribution < 1.29 is 9.53 Å². The lowest BCUT2D eigenvalue weighted by Gasteiger charge is -2.13. The first-order chi connectivity index (χ1) is 12.0. The highest BCUT2D eigenvalue weighted by Gasteiger charge is 2.19. The van der Waals surface area contributed by atoms with Gasteiger partial charge in [-0.2, -0.15) is 0 Å². The molecule has 0 saturated heterocycles. The van der Waals surface area contributed by atoms with Gasteiger partial charge in [0.2, 0.25) is 0 Å². The number of ether oxygens (including phenoxy) is 1. The number of nitrogens with one attached hydrogen (secondary N) is 1. The second kappa shape index (κ2) is 7.44. The zero-order valence-electron chi connectivity index (χ0n) is 14.1. The molecule has 2 aromatic rings. The molecule has 3 rings (SSSR count). The van der Waals surface area contributed by atoms with Gasteiger partial charge in [0.05, 0.1) is 5.02 Å². The topological polar surface area (TPSA) is 90.4 Å². The SMILES string of the molecule is Cc1cc(C(=O)Nc2ccc3c(c2)CC(N)C3)cc(Cl)c1OCCN. The first-order valence-electron chi connectivity index (χ1n) is 8.29. The molecule has 1 unspecified atom stereocenters. The van der Waals surface area contributed by atoms with Crippen LogP contribution in [0.25, 0.3) is 0 Å². The smallest absolute Gasteiger partial charge is 0.255 e. The van der Waals surface area contributed by atoms with Crippen molar-refractivity contribution in [2.45, 2.75) is 25.8 Å². The van der Waals surface area contributed by atoms with E-state index in [-0.39, 0.29) is 11.9 Å². The minimum Gasteiger partial charge on any atom is -0.490 e. The number of anilines is 1. The van der Waals surface area contributed by atoms with Crippen LogP contribution in [-0.2, 0) is 12.8 Å². The van der Waals surface area contributed by atoms with E-state index in [0.29, 0.717) is 29.5 Å². The Morgan fingerprint density at radius 1 is 1.28 bits per heavy atom. The Morgan fingerprint density at radius 3 is 2.76 bits per heavy atom. The summed E-state index contributed by atoms with van der Waals surface area (Å²) in [6.45, 7) is 2.63. The number of carbonyl (C=O) groups is 1. The molecule has 0 aliphatic heterocycles. The summed E-state index contributed by atoms with van der Waals surface area (Å²) in [5, 5.41) is 3.32.